The molecule has 42 heavy (non-hydrogen) atoms. The molecule has 2 aliphatic rings. The average molecular weight is 742 g/mol. The predicted molar refractivity (Wildman–Crippen MR) is 169 cm³/mol. The number of rotatable bonds is 4. The first kappa shape index (κ1) is 29.8. The third-order valence-corrected chi connectivity index (χ3v) is 7.92. The summed E-state index contributed by atoms with van der Waals surface area (Å²) in [6, 6.07) is 28.2. The zero-order valence-corrected chi connectivity index (χ0v) is 27.2. The van der Waals surface area contributed by atoms with Gasteiger partial charge >= 0.3 is 21.1 Å². The van der Waals surface area contributed by atoms with E-state index in [1.54, 1.807) is 12.1 Å². The molecule has 4 aromatic carbocycles. The van der Waals surface area contributed by atoms with Crippen molar-refractivity contribution in [2.45, 2.75) is 52.4 Å². The molecule has 0 saturated carbocycles. The van der Waals surface area contributed by atoms with Crippen LogP contribution in [0.2, 0.25) is 0 Å². The molecule has 0 amide bonds. The summed E-state index contributed by atoms with van der Waals surface area (Å²) >= 11 is 0. The second-order valence-electron chi connectivity index (χ2n) is 12.9. The van der Waals surface area contributed by atoms with Crippen LogP contribution in [-0.2, 0) is 31.9 Å². The third-order valence-electron chi connectivity index (χ3n) is 7.92. The van der Waals surface area contributed by atoms with E-state index >= 15 is 0 Å². The second kappa shape index (κ2) is 10.9. The molecule has 0 radical (unpaired) electrons. The zero-order chi connectivity index (χ0) is 29.1. The van der Waals surface area contributed by atoms with Crippen LogP contribution in [0.3, 0.4) is 0 Å². The summed E-state index contributed by atoms with van der Waals surface area (Å²) in [4.78, 5) is 8.53. The Balaban J connectivity index is 0.00000353. The fourth-order valence-electron chi connectivity index (χ4n) is 5.49. The average Bonchev–Trinajstić information content (AvgIpc) is 3.47. The number of nitrogens with zero attached hydrogens (tertiary/aromatic N) is 4. The van der Waals surface area contributed by atoms with Crippen LogP contribution in [0.25, 0.3) is 0 Å². The van der Waals surface area contributed by atoms with E-state index in [1.165, 1.54) is 0 Å². The van der Waals surface area contributed by atoms with Gasteiger partial charge in [0.15, 0.2) is 0 Å². The van der Waals surface area contributed by atoms with E-state index in [4.69, 9.17) is 0 Å². The molecule has 6 rings (SSSR count). The predicted octanol–water partition coefficient (Wildman–Crippen LogP) is 8.50. The van der Waals surface area contributed by atoms with Crippen molar-refractivity contribution in [1.29, 1.82) is 0 Å². The number of benzene rings is 4. The van der Waals surface area contributed by atoms with Gasteiger partial charge in [0.2, 0.25) is 0 Å². The van der Waals surface area contributed by atoms with Crippen molar-refractivity contribution in [2.75, 3.05) is 26.3 Å². The summed E-state index contributed by atoms with van der Waals surface area (Å²) in [5.74, 6) is 0.480. The minimum absolute atomic E-state index is 0. The standard InChI is InChI=1S/C35H38N4O2.Pt/c1-34(2,3)24-15-17-32(40)30(19-24)38-22-36(26-11-7-9-13-28(26)38)21-37-23-39(29-14-10-8-12-27(29)37)31-20-25(35(4,5)6)16-18-33(31)41;/h7-20,22-23,40-41H,21H2,1-6H3;/q-2;+2. The molecule has 0 fully saturated rings. The van der Waals surface area contributed by atoms with Crippen LogP contribution < -0.4 is 19.6 Å². The Bertz CT molecular complexity index is 1490. The normalized spacial score (nSPS) is 14.6. The van der Waals surface area contributed by atoms with Crippen molar-refractivity contribution in [3.63, 3.8) is 0 Å². The van der Waals surface area contributed by atoms with Gasteiger partial charge in [-0.25, -0.2) is 0 Å². The second-order valence-corrected chi connectivity index (χ2v) is 12.9. The Labute approximate surface area is 264 Å². The number of phenolic OH excluding ortho intramolecular Hbond substituents is 2. The monoisotopic (exact) mass is 741 g/mol. The quantitative estimate of drug-likeness (QED) is 0.205. The van der Waals surface area contributed by atoms with Crippen molar-refractivity contribution < 1.29 is 31.3 Å². The molecule has 7 heteroatoms. The smallest absolute Gasteiger partial charge is 0.506 e. The Morgan fingerprint density at radius 1 is 0.524 bits per heavy atom. The largest absolute Gasteiger partial charge is 2.00 e. The number of para-hydroxylation sites is 4. The maximum absolute atomic E-state index is 10.9. The van der Waals surface area contributed by atoms with Crippen LogP contribution in [0, 0.1) is 13.3 Å². The Hall–Kier alpha value is -3.63. The molecule has 0 spiro atoms. The van der Waals surface area contributed by atoms with E-state index < -0.39 is 0 Å². The van der Waals surface area contributed by atoms with Gasteiger partial charge in [-0.2, -0.15) is 0 Å². The molecule has 0 aromatic heterocycles. The molecular weight excluding hydrogens is 703 g/mol. The molecule has 2 heterocycles. The summed E-state index contributed by atoms with van der Waals surface area (Å²) in [5, 5.41) is 21.9. The van der Waals surface area contributed by atoms with Crippen molar-refractivity contribution in [3.05, 3.63) is 109 Å². The van der Waals surface area contributed by atoms with Gasteiger partial charge in [-0.3, -0.25) is 0 Å². The van der Waals surface area contributed by atoms with Gasteiger partial charge in [-0.1, -0.05) is 77.9 Å². The van der Waals surface area contributed by atoms with Gasteiger partial charge in [0.25, 0.3) is 0 Å². The van der Waals surface area contributed by atoms with Crippen LogP contribution in [0.15, 0.2) is 84.9 Å². The molecule has 0 saturated heterocycles. The fraction of sp³-hybridized carbons (Fsp3) is 0.257. The summed E-state index contributed by atoms with van der Waals surface area (Å²) < 4.78 is 0. The van der Waals surface area contributed by atoms with Crippen molar-refractivity contribution in [1.82, 2.24) is 0 Å². The van der Waals surface area contributed by atoms with Gasteiger partial charge in [-0.05, 0) is 70.5 Å². The number of hydrogen-bond acceptors (Lipinski definition) is 6. The number of phenols is 2. The molecule has 4 aromatic rings. The van der Waals surface area contributed by atoms with Crippen LogP contribution in [0.5, 0.6) is 11.5 Å². The third kappa shape index (κ3) is 5.33. The van der Waals surface area contributed by atoms with E-state index in [2.05, 4.69) is 111 Å². The fourth-order valence-corrected chi connectivity index (χ4v) is 5.49. The SMILES string of the molecule is CC(C)(C)c1ccc(O)c(N2[CH-]N(CN3[CH-]N(c4cc(C(C)(C)C)ccc4O)c4ccccc43)c3ccccc32)c1.[Pt+2]. The number of fused-ring (bicyclic) bond motifs is 2. The molecule has 220 valence electrons. The van der Waals surface area contributed by atoms with Gasteiger partial charge in [0, 0.05) is 29.4 Å². The van der Waals surface area contributed by atoms with Crippen LogP contribution in [0.1, 0.15) is 52.7 Å². The summed E-state index contributed by atoms with van der Waals surface area (Å²) in [7, 11) is 0. The van der Waals surface area contributed by atoms with Crippen molar-refractivity contribution in [3.8, 4) is 11.5 Å². The molecule has 6 nitrogen and oxygen atoms in total. The molecule has 0 bridgehead atoms. The zero-order valence-electron chi connectivity index (χ0n) is 24.9. The molecule has 0 unspecified atom stereocenters. The van der Waals surface area contributed by atoms with E-state index in [9.17, 15) is 10.2 Å². The number of anilines is 6. The summed E-state index contributed by atoms with van der Waals surface area (Å²) in [6.07, 6.45) is 0. The molecule has 2 N–H and O–H groups in total. The first-order chi connectivity index (χ1) is 19.4. The van der Waals surface area contributed by atoms with E-state index in [0.29, 0.717) is 6.67 Å². The number of aromatic hydroxyl groups is 2. The number of hydrogen-bond donors (Lipinski definition) is 2. The van der Waals surface area contributed by atoms with Gasteiger partial charge in [-0.15, -0.1) is 13.3 Å². The minimum Gasteiger partial charge on any atom is -0.506 e. The molecular formula is C35H38N4O2Pt. The van der Waals surface area contributed by atoms with Crippen LogP contribution >= 0.6 is 0 Å². The molecule has 2 aliphatic heterocycles. The van der Waals surface area contributed by atoms with Crippen molar-refractivity contribution in [2.24, 2.45) is 0 Å². The summed E-state index contributed by atoms with van der Waals surface area (Å²) in [5.41, 5.74) is 7.85. The van der Waals surface area contributed by atoms with Gasteiger partial charge in [0.1, 0.15) is 11.5 Å². The Morgan fingerprint density at radius 3 is 1.24 bits per heavy atom. The molecule has 0 atom stereocenters. The van der Waals surface area contributed by atoms with E-state index in [1.807, 2.05) is 36.4 Å². The maximum atomic E-state index is 10.9. The Morgan fingerprint density at radius 2 is 0.881 bits per heavy atom. The van der Waals surface area contributed by atoms with Gasteiger partial charge in [0.05, 0.1) is 11.4 Å². The van der Waals surface area contributed by atoms with Gasteiger partial charge < -0.3 is 29.8 Å². The topological polar surface area (TPSA) is 53.4 Å². The first-order valence-electron chi connectivity index (χ1n) is 14.1. The van der Waals surface area contributed by atoms with Crippen LogP contribution in [0.4, 0.5) is 34.1 Å². The first-order valence-corrected chi connectivity index (χ1v) is 14.1. The van der Waals surface area contributed by atoms with Crippen molar-refractivity contribution >= 4 is 34.1 Å². The van der Waals surface area contributed by atoms with Crippen LogP contribution in [-0.4, -0.2) is 16.9 Å². The molecule has 0 aliphatic carbocycles. The summed E-state index contributed by atoms with van der Waals surface area (Å²) in [6.45, 7) is 17.7. The minimum atomic E-state index is -0.0467. The Kier molecular flexibility index (Phi) is 7.74. The van der Waals surface area contributed by atoms with E-state index in [-0.39, 0.29) is 43.4 Å². The maximum Gasteiger partial charge on any atom is 2.00 e. The van der Waals surface area contributed by atoms with E-state index in [0.717, 1.165) is 45.3 Å².